The topological polar surface area (TPSA) is 62.5 Å². The Bertz CT molecular complexity index is 911. The second-order valence-corrected chi connectivity index (χ2v) is 6.85. The fourth-order valence-corrected chi connectivity index (χ4v) is 3.54. The Morgan fingerprint density at radius 3 is 2.81 bits per heavy atom. The second kappa shape index (κ2) is 7.15. The normalized spacial score (nSPS) is 15.3. The summed E-state index contributed by atoms with van der Waals surface area (Å²) in [6.07, 6.45) is 5.82. The molecule has 0 spiro atoms. The average molecular weight is 349 g/mol. The van der Waals surface area contributed by atoms with Gasteiger partial charge in [0.1, 0.15) is 6.33 Å². The van der Waals surface area contributed by atoms with Crippen molar-refractivity contribution in [3.63, 3.8) is 0 Å². The first kappa shape index (κ1) is 16.6. The van der Waals surface area contributed by atoms with Crippen LogP contribution in [-0.4, -0.2) is 44.5 Å². The van der Waals surface area contributed by atoms with Gasteiger partial charge in [0.05, 0.1) is 12.1 Å². The Balaban J connectivity index is 1.35. The van der Waals surface area contributed by atoms with Crippen molar-refractivity contribution in [2.24, 2.45) is 0 Å². The lowest BCUT2D eigenvalue weighted by Gasteiger charge is -2.33. The molecular weight excluding hydrogens is 326 g/mol. The standard InChI is InChI=1S/C20H23N5O/c1-15-5-2-3-6-16(15)13-19(26)24-11-8-17(9-12-24)23-18-7-4-10-25-20(18)21-14-22-25/h2-7,10,14,17,23H,8-9,11-13H2,1H3. The highest BCUT2D eigenvalue weighted by Crippen LogP contribution is 2.20. The third-order valence-electron chi connectivity index (χ3n) is 5.11. The van der Waals surface area contributed by atoms with Crippen molar-refractivity contribution >= 4 is 17.2 Å². The number of benzene rings is 1. The van der Waals surface area contributed by atoms with Crippen LogP contribution >= 0.6 is 0 Å². The van der Waals surface area contributed by atoms with Crippen LogP contribution in [0.4, 0.5) is 5.69 Å². The number of nitrogens with zero attached hydrogens (tertiary/aromatic N) is 4. The lowest BCUT2D eigenvalue weighted by molar-refractivity contribution is -0.131. The molecule has 134 valence electrons. The number of likely N-dealkylation sites (tertiary alicyclic amines) is 1. The van der Waals surface area contributed by atoms with Gasteiger partial charge in [-0.05, 0) is 43.0 Å². The zero-order valence-electron chi connectivity index (χ0n) is 14.9. The lowest BCUT2D eigenvalue weighted by Crippen LogP contribution is -2.43. The molecule has 0 atom stereocenters. The highest BCUT2D eigenvalue weighted by Gasteiger charge is 2.23. The summed E-state index contributed by atoms with van der Waals surface area (Å²) in [4.78, 5) is 18.9. The average Bonchev–Trinajstić information content (AvgIpc) is 3.14. The van der Waals surface area contributed by atoms with Crippen LogP contribution in [0, 0.1) is 6.92 Å². The number of carbonyl (C=O) groups is 1. The van der Waals surface area contributed by atoms with Gasteiger partial charge in [0.15, 0.2) is 5.65 Å². The third kappa shape index (κ3) is 3.40. The quantitative estimate of drug-likeness (QED) is 0.787. The number of rotatable bonds is 4. The van der Waals surface area contributed by atoms with Crippen LogP contribution in [0.2, 0.25) is 0 Å². The van der Waals surface area contributed by atoms with Gasteiger partial charge in [-0.15, -0.1) is 0 Å². The highest BCUT2D eigenvalue weighted by atomic mass is 16.2. The minimum atomic E-state index is 0.220. The van der Waals surface area contributed by atoms with E-state index in [4.69, 9.17) is 0 Å². The van der Waals surface area contributed by atoms with Crippen molar-refractivity contribution in [3.05, 3.63) is 60.0 Å². The first-order chi connectivity index (χ1) is 12.7. The number of fused-ring (bicyclic) bond motifs is 1. The highest BCUT2D eigenvalue weighted by molar-refractivity contribution is 5.79. The van der Waals surface area contributed by atoms with Gasteiger partial charge in [-0.1, -0.05) is 24.3 Å². The molecule has 0 unspecified atom stereocenters. The van der Waals surface area contributed by atoms with E-state index in [1.165, 1.54) is 5.56 Å². The summed E-state index contributed by atoms with van der Waals surface area (Å²) >= 11 is 0. The molecule has 4 rings (SSSR count). The molecule has 1 aliphatic heterocycles. The molecule has 1 saturated heterocycles. The smallest absolute Gasteiger partial charge is 0.227 e. The molecule has 1 amide bonds. The fraction of sp³-hybridized carbons (Fsp3) is 0.350. The molecule has 0 radical (unpaired) electrons. The van der Waals surface area contributed by atoms with Gasteiger partial charge in [-0.2, -0.15) is 5.10 Å². The van der Waals surface area contributed by atoms with Crippen molar-refractivity contribution in [1.29, 1.82) is 0 Å². The minimum Gasteiger partial charge on any atom is -0.379 e. The van der Waals surface area contributed by atoms with Crippen LogP contribution in [0.25, 0.3) is 5.65 Å². The van der Waals surface area contributed by atoms with E-state index in [9.17, 15) is 4.79 Å². The van der Waals surface area contributed by atoms with Crippen LogP contribution in [0.3, 0.4) is 0 Å². The Morgan fingerprint density at radius 2 is 2.00 bits per heavy atom. The number of pyridine rings is 1. The Labute approximate surface area is 152 Å². The maximum atomic E-state index is 12.6. The molecule has 3 heterocycles. The van der Waals surface area contributed by atoms with Gasteiger partial charge in [0, 0.05) is 25.3 Å². The van der Waals surface area contributed by atoms with E-state index < -0.39 is 0 Å². The maximum absolute atomic E-state index is 12.6. The molecule has 1 fully saturated rings. The third-order valence-corrected chi connectivity index (χ3v) is 5.11. The van der Waals surface area contributed by atoms with E-state index in [1.54, 1.807) is 10.8 Å². The van der Waals surface area contributed by atoms with E-state index in [0.717, 1.165) is 42.8 Å². The van der Waals surface area contributed by atoms with Gasteiger partial charge >= 0.3 is 0 Å². The SMILES string of the molecule is Cc1ccccc1CC(=O)N1CCC(Nc2cccn3ncnc23)CC1. The van der Waals surface area contributed by atoms with Crippen LogP contribution in [0.5, 0.6) is 0 Å². The zero-order chi connectivity index (χ0) is 17.9. The second-order valence-electron chi connectivity index (χ2n) is 6.85. The van der Waals surface area contributed by atoms with E-state index >= 15 is 0 Å². The summed E-state index contributed by atoms with van der Waals surface area (Å²) in [7, 11) is 0. The van der Waals surface area contributed by atoms with Crippen molar-refractivity contribution in [3.8, 4) is 0 Å². The van der Waals surface area contributed by atoms with Crippen molar-refractivity contribution in [1.82, 2.24) is 19.5 Å². The Kier molecular flexibility index (Phi) is 4.56. The molecule has 1 aromatic carbocycles. The molecular formula is C20H23N5O. The van der Waals surface area contributed by atoms with Crippen LogP contribution in [0.1, 0.15) is 24.0 Å². The molecule has 0 aliphatic carbocycles. The number of piperidine rings is 1. The molecule has 1 aliphatic rings. The molecule has 6 heteroatoms. The van der Waals surface area contributed by atoms with E-state index in [1.807, 2.05) is 41.4 Å². The largest absolute Gasteiger partial charge is 0.379 e. The Morgan fingerprint density at radius 1 is 1.19 bits per heavy atom. The van der Waals surface area contributed by atoms with Crippen LogP contribution < -0.4 is 5.32 Å². The first-order valence-electron chi connectivity index (χ1n) is 9.08. The van der Waals surface area contributed by atoms with Gasteiger partial charge in [-0.3, -0.25) is 4.79 Å². The van der Waals surface area contributed by atoms with Gasteiger partial charge < -0.3 is 10.2 Å². The number of hydrogen-bond donors (Lipinski definition) is 1. The number of aryl methyl sites for hydroxylation is 1. The molecule has 26 heavy (non-hydrogen) atoms. The predicted octanol–water partition coefficient (Wildman–Crippen LogP) is 2.68. The van der Waals surface area contributed by atoms with Crippen molar-refractivity contribution in [2.75, 3.05) is 18.4 Å². The number of amides is 1. The first-order valence-corrected chi connectivity index (χ1v) is 9.08. The van der Waals surface area contributed by atoms with Crippen molar-refractivity contribution in [2.45, 2.75) is 32.2 Å². The molecule has 6 nitrogen and oxygen atoms in total. The van der Waals surface area contributed by atoms with Gasteiger partial charge in [-0.25, -0.2) is 9.50 Å². The van der Waals surface area contributed by atoms with Crippen LogP contribution in [0.15, 0.2) is 48.9 Å². The van der Waals surface area contributed by atoms with Crippen molar-refractivity contribution < 1.29 is 4.79 Å². The number of nitrogens with one attached hydrogen (secondary N) is 1. The predicted molar refractivity (Wildman–Crippen MR) is 101 cm³/mol. The molecule has 0 bridgehead atoms. The van der Waals surface area contributed by atoms with Gasteiger partial charge in [0.25, 0.3) is 0 Å². The molecule has 2 aromatic heterocycles. The van der Waals surface area contributed by atoms with E-state index in [0.29, 0.717) is 12.5 Å². The minimum absolute atomic E-state index is 0.220. The number of hydrogen-bond acceptors (Lipinski definition) is 4. The zero-order valence-corrected chi connectivity index (χ0v) is 14.9. The van der Waals surface area contributed by atoms with E-state index in [2.05, 4.69) is 28.4 Å². The Hall–Kier alpha value is -2.89. The fourth-order valence-electron chi connectivity index (χ4n) is 3.54. The summed E-state index contributed by atoms with van der Waals surface area (Å²) in [5.74, 6) is 0.220. The number of carbonyl (C=O) groups excluding carboxylic acids is 1. The molecule has 0 saturated carbocycles. The summed E-state index contributed by atoms with van der Waals surface area (Å²) in [6, 6.07) is 12.4. The maximum Gasteiger partial charge on any atom is 0.227 e. The summed E-state index contributed by atoms with van der Waals surface area (Å²) in [5.41, 5.74) is 4.13. The summed E-state index contributed by atoms with van der Waals surface area (Å²) in [5, 5.41) is 7.73. The number of anilines is 1. The summed E-state index contributed by atoms with van der Waals surface area (Å²) in [6.45, 7) is 3.64. The monoisotopic (exact) mass is 349 g/mol. The van der Waals surface area contributed by atoms with Crippen LogP contribution in [-0.2, 0) is 11.2 Å². The molecule has 3 aromatic rings. The van der Waals surface area contributed by atoms with Gasteiger partial charge in [0.2, 0.25) is 5.91 Å². The number of aromatic nitrogens is 3. The summed E-state index contributed by atoms with van der Waals surface area (Å²) < 4.78 is 1.77. The molecule has 1 N–H and O–H groups in total. The lowest BCUT2D eigenvalue weighted by atomic mass is 10.0. The van der Waals surface area contributed by atoms with E-state index in [-0.39, 0.29) is 5.91 Å².